The molecule has 88 valence electrons. The maximum Gasteiger partial charge on any atom is 0.237 e. The molecule has 1 aliphatic rings. The van der Waals surface area contributed by atoms with Crippen molar-refractivity contribution in [3.63, 3.8) is 0 Å². The van der Waals surface area contributed by atoms with E-state index in [1.54, 1.807) is 0 Å². The second-order valence-electron chi connectivity index (χ2n) is 4.56. The molecule has 0 aromatic heterocycles. The molecule has 4 nitrogen and oxygen atoms in total. The number of carbonyl (C=O) groups excluding carboxylic acids is 1. The van der Waals surface area contributed by atoms with Gasteiger partial charge in [0.25, 0.3) is 0 Å². The third kappa shape index (κ3) is 3.80. The van der Waals surface area contributed by atoms with Gasteiger partial charge >= 0.3 is 0 Å². The van der Waals surface area contributed by atoms with Gasteiger partial charge in [-0.25, -0.2) is 0 Å². The fourth-order valence-electron chi connectivity index (χ4n) is 2.12. The van der Waals surface area contributed by atoms with Crippen LogP contribution in [0.25, 0.3) is 0 Å². The van der Waals surface area contributed by atoms with Gasteiger partial charge in [-0.15, -0.1) is 0 Å². The largest absolute Gasteiger partial charge is 0.352 e. The Bertz CT molecular complexity index is 208. The second-order valence-corrected chi connectivity index (χ2v) is 4.56. The van der Waals surface area contributed by atoms with Crippen molar-refractivity contribution in [3.8, 4) is 0 Å². The van der Waals surface area contributed by atoms with Crippen molar-refractivity contribution in [2.45, 2.75) is 51.1 Å². The summed E-state index contributed by atoms with van der Waals surface area (Å²) in [5.74, 6) is 0.581. The van der Waals surface area contributed by atoms with E-state index in [1.165, 1.54) is 12.8 Å². The minimum absolute atomic E-state index is 0.0119. The Labute approximate surface area is 91.8 Å². The maximum atomic E-state index is 11.7. The summed E-state index contributed by atoms with van der Waals surface area (Å²) in [5.41, 5.74) is 11.1. The zero-order chi connectivity index (χ0) is 11.3. The van der Waals surface area contributed by atoms with Crippen molar-refractivity contribution in [2.24, 2.45) is 17.4 Å². The number of hydrogen-bond acceptors (Lipinski definition) is 3. The summed E-state index contributed by atoms with van der Waals surface area (Å²) >= 11 is 0. The first kappa shape index (κ1) is 12.5. The third-order valence-corrected chi connectivity index (χ3v) is 3.25. The van der Waals surface area contributed by atoms with Gasteiger partial charge in [-0.1, -0.05) is 13.3 Å². The van der Waals surface area contributed by atoms with Crippen LogP contribution < -0.4 is 16.8 Å². The predicted octanol–water partition coefficient (Wildman–Crippen LogP) is 0.357. The molecular formula is C11H23N3O. The SMILES string of the molecule is C[C@@H]1CCC[C@@H]1NC(=O)[C@@H](N)CCCN. The summed E-state index contributed by atoms with van der Waals surface area (Å²) in [4.78, 5) is 11.7. The van der Waals surface area contributed by atoms with Crippen LogP contribution in [0.3, 0.4) is 0 Å². The minimum atomic E-state index is -0.388. The molecule has 0 heterocycles. The first-order valence-electron chi connectivity index (χ1n) is 5.91. The molecule has 0 aliphatic heterocycles. The lowest BCUT2D eigenvalue weighted by atomic mass is 10.1. The average molecular weight is 213 g/mol. The highest BCUT2D eigenvalue weighted by Crippen LogP contribution is 2.24. The van der Waals surface area contributed by atoms with Crippen molar-refractivity contribution in [1.82, 2.24) is 5.32 Å². The van der Waals surface area contributed by atoms with Crippen molar-refractivity contribution in [1.29, 1.82) is 0 Å². The van der Waals surface area contributed by atoms with Crippen LogP contribution in [0.15, 0.2) is 0 Å². The molecular weight excluding hydrogens is 190 g/mol. The molecule has 0 radical (unpaired) electrons. The highest BCUT2D eigenvalue weighted by Gasteiger charge is 2.26. The summed E-state index contributed by atoms with van der Waals surface area (Å²) in [6.45, 7) is 2.78. The van der Waals surface area contributed by atoms with Crippen molar-refractivity contribution < 1.29 is 4.79 Å². The molecule has 0 saturated heterocycles. The van der Waals surface area contributed by atoms with Gasteiger partial charge in [-0.3, -0.25) is 4.79 Å². The van der Waals surface area contributed by atoms with Gasteiger partial charge in [0.05, 0.1) is 6.04 Å². The minimum Gasteiger partial charge on any atom is -0.352 e. The molecule has 1 aliphatic carbocycles. The molecule has 0 aromatic rings. The number of hydrogen-bond donors (Lipinski definition) is 3. The van der Waals surface area contributed by atoms with Crippen LogP contribution in [0.2, 0.25) is 0 Å². The van der Waals surface area contributed by atoms with Gasteiger partial charge in [0.1, 0.15) is 0 Å². The Kier molecular flexibility index (Phi) is 5.05. The molecule has 1 rings (SSSR count). The lowest BCUT2D eigenvalue weighted by Crippen LogP contribution is -2.46. The van der Waals surface area contributed by atoms with Gasteiger partial charge in [-0.05, 0) is 38.1 Å². The predicted molar refractivity (Wildman–Crippen MR) is 61.2 cm³/mol. The average Bonchev–Trinajstić information content (AvgIpc) is 2.61. The Balaban J connectivity index is 2.27. The molecule has 4 heteroatoms. The molecule has 3 atom stereocenters. The van der Waals surface area contributed by atoms with E-state index >= 15 is 0 Å². The Morgan fingerprint density at radius 1 is 1.53 bits per heavy atom. The standard InChI is InChI=1S/C11H23N3O/c1-8-4-2-6-10(8)14-11(15)9(13)5-3-7-12/h8-10H,2-7,12-13H2,1H3,(H,14,15)/t8-,9+,10+/m1/s1. The molecule has 0 spiro atoms. The van der Waals surface area contributed by atoms with E-state index in [1.807, 2.05) is 0 Å². The van der Waals surface area contributed by atoms with Gasteiger partial charge in [0, 0.05) is 6.04 Å². The fourth-order valence-corrected chi connectivity index (χ4v) is 2.12. The van der Waals surface area contributed by atoms with E-state index in [4.69, 9.17) is 11.5 Å². The summed E-state index contributed by atoms with van der Waals surface area (Å²) in [6.07, 6.45) is 5.02. The monoisotopic (exact) mass is 213 g/mol. The van der Waals surface area contributed by atoms with Crippen molar-refractivity contribution >= 4 is 5.91 Å². The summed E-state index contributed by atoms with van der Waals surface area (Å²) in [7, 11) is 0. The Morgan fingerprint density at radius 3 is 2.80 bits per heavy atom. The Morgan fingerprint density at radius 2 is 2.27 bits per heavy atom. The summed E-state index contributed by atoms with van der Waals surface area (Å²) in [6, 6.07) is -0.0530. The molecule has 0 bridgehead atoms. The number of nitrogens with two attached hydrogens (primary N) is 2. The third-order valence-electron chi connectivity index (χ3n) is 3.25. The molecule has 1 fully saturated rings. The van der Waals surface area contributed by atoms with E-state index < -0.39 is 0 Å². The maximum absolute atomic E-state index is 11.7. The lowest BCUT2D eigenvalue weighted by molar-refractivity contribution is -0.123. The van der Waals surface area contributed by atoms with Crippen LogP contribution in [0.1, 0.15) is 39.0 Å². The van der Waals surface area contributed by atoms with Crippen molar-refractivity contribution in [2.75, 3.05) is 6.54 Å². The lowest BCUT2D eigenvalue weighted by Gasteiger charge is -2.20. The number of nitrogens with one attached hydrogen (secondary N) is 1. The normalized spacial score (nSPS) is 27.7. The molecule has 15 heavy (non-hydrogen) atoms. The number of carbonyl (C=O) groups is 1. The molecule has 5 N–H and O–H groups in total. The van der Waals surface area contributed by atoms with Crippen LogP contribution in [0, 0.1) is 5.92 Å². The van der Waals surface area contributed by atoms with E-state index in [-0.39, 0.29) is 11.9 Å². The van der Waals surface area contributed by atoms with E-state index in [9.17, 15) is 4.79 Å². The highest BCUT2D eigenvalue weighted by molar-refractivity contribution is 5.81. The quantitative estimate of drug-likeness (QED) is 0.616. The van der Waals surface area contributed by atoms with Gasteiger partial charge in [0.15, 0.2) is 0 Å². The first-order chi connectivity index (χ1) is 7.15. The number of rotatable bonds is 5. The first-order valence-corrected chi connectivity index (χ1v) is 5.91. The second kappa shape index (κ2) is 6.08. The summed E-state index contributed by atoms with van der Waals surface area (Å²) < 4.78 is 0. The highest BCUT2D eigenvalue weighted by atomic mass is 16.2. The van der Waals surface area contributed by atoms with E-state index in [2.05, 4.69) is 12.2 Å². The molecule has 0 aromatic carbocycles. The van der Waals surface area contributed by atoms with Gasteiger partial charge in [0.2, 0.25) is 5.91 Å². The zero-order valence-electron chi connectivity index (χ0n) is 9.54. The fraction of sp³-hybridized carbons (Fsp3) is 0.909. The van der Waals surface area contributed by atoms with Crippen molar-refractivity contribution in [3.05, 3.63) is 0 Å². The van der Waals surface area contributed by atoms with E-state index in [0.29, 0.717) is 24.9 Å². The zero-order valence-corrected chi connectivity index (χ0v) is 9.54. The van der Waals surface area contributed by atoms with Crippen LogP contribution in [0.5, 0.6) is 0 Å². The van der Waals surface area contributed by atoms with Gasteiger partial charge < -0.3 is 16.8 Å². The van der Waals surface area contributed by atoms with E-state index in [0.717, 1.165) is 12.8 Å². The summed E-state index contributed by atoms with van der Waals surface area (Å²) in [5, 5.41) is 3.03. The van der Waals surface area contributed by atoms with Crippen LogP contribution in [0.4, 0.5) is 0 Å². The molecule has 1 saturated carbocycles. The smallest absolute Gasteiger partial charge is 0.237 e. The van der Waals surface area contributed by atoms with Gasteiger partial charge in [-0.2, -0.15) is 0 Å². The topological polar surface area (TPSA) is 81.1 Å². The van der Waals surface area contributed by atoms with Crippen LogP contribution in [-0.4, -0.2) is 24.5 Å². The Hall–Kier alpha value is -0.610. The number of amides is 1. The molecule has 1 amide bonds. The van der Waals surface area contributed by atoms with Crippen LogP contribution >= 0.6 is 0 Å². The van der Waals surface area contributed by atoms with Crippen LogP contribution in [-0.2, 0) is 4.79 Å². The molecule has 0 unspecified atom stereocenters.